The summed E-state index contributed by atoms with van der Waals surface area (Å²) in [7, 11) is 4.07. The van der Waals surface area contributed by atoms with E-state index in [1.807, 2.05) is 44.1 Å². The predicted molar refractivity (Wildman–Crippen MR) is 86.0 cm³/mol. The maximum atomic E-state index is 12.7. The topological polar surface area (TPSA) is 35.6 Å². The molecule has 1 saturated heterocycles. The first-order chi connectivity index (χ1) is 10.1. The molecule has 1 aliphatic heterocycles. The lowest BCUT2D eigenvalue weighted by Crippen LogP contribution is -2.40. The van der Waals surface area contributed by atoms with Crippen molar-refractivity contribution in [3.05, 3.63) is 47.0 Å². The summed E-state index contributed by atoms with van der Waals surface area (Å²) in [5.74, 6) is 0.164. The molecular weight excluding hydrogens is 262 g/mol. The number of nitrogens with one attached hydrogen (secondary N) is 1. The third kappa shape index (κ3) is 4.41. The minimum atomic E-state index is 0.164. The van der Waals surface area contributed by atoms with Crippen molar-refractivity contribution in [2.24, 2.45) is 0 Å². The van der Waals surface area contributed by atoms with E-state index in [4.69, 9.17) is 0 Å². The lowest BCUT2D eigenvalue weighted by molar-refractivity contribution is -0.128. The highest BCUT2D eigenvalue weighted by Crippen LogP contribution is 2.14. The molecule has 1 aliphatic rings. The predicted octanol–water partition coefficient (Wildman–Crippen LogP) is 1.50. The fraction of sp³-hybridized carbons (Fsp3) is 0.471. The highest BCUT2D eigenvalue weighted by Gasteiger charge is 2.21. The van der Waals surface area contributed by atoms with Gasteiger partial charge in [-0.3, -0.25) is 4.79 Å². The van der Waals surface area contributed by atoms with Crippen molar-refractivity contribution in [2.75, 3.05) is 40.3 Å². The van der Waals surface area contributed by atoms with Crippen molar-refractivity contribution in [1.29, 1.82) is 0 Å². The van der Waals surface area contributed by atoms with Crippen LogP contribution < -0.4 is 5.32 Å². The van der Waals surface area contributed by atoms with Gasteiger partial charge in [0.1, 0.15) is 0 Å². The lowest BCUT2D eigenvalue weighted by atomic mass is 10.0. The van der Waals surface area contributed by atoms with E-state index in [9.17, 15) is 4.79 Å². The van der Waals surface area contributed by atoms with Crippen molar-refractivity contribution in [3.8, 4) is 0 Å². The zero-order valence-corrected chi connectivity index (χ0v) is 13.2. The molecule has 1 aromatic rings. The zero-order chi connectivity index (χ0) is 15.2. The number of rotatable bonds is 6. The van der Waals surface area contributed by atoms with Crippen LogP contribution >= 0.6 is 0 Å². The molecule has 1 fully saturated rings. The summed E-state index contributed by atoms with van der Waals surface area (Å²) in [6.45, 7) is 5.95. The minimum Gasteiger partial charge on any atom is -0.333 e. The van der Waals surface area contributed by atoms with Crippen molar-refractivity contribution < 1.29 is 4.79 Å². The number of amides is 1. The molecule has 2 rings (SSSR count). The van der Waals surface area contributed by atoms with Gasteiger partial charge in [-0.15, -0.1) is 0 Å². The second-order valence-electron chi connectivity index (χ2n) is 5.85. The van der Waals surface area contributed by atoms with E-state index < -0.39 is 0 Å². The maximum Gasteiger partial charge on any atom is 0.249 e. The summed E-state index contributed by atoms with van der Waals surface area (Å²) in [6, 6.07) is 10.2. The molecule has 0 atom stereocenters. The molecule has 0 spiro atoms. The standard InChI is InChI=1S/C17H25N3O/c1-14(16-11-18-12-16)17(21)20(10-9-19(2)3)13-15-7-5-4-6-8-15/h4-8,18H,9-13H2,1-3H3. The molecule has 1 amide bonds. The van der Waals surface area contributed by atoms with Crippen LogP contribution in [-0.4, -0.2) is 56.0 Å². The normalized spacial score (nSPS) is 14.0. The van der Waals surface area contributed by atoms with Crippen molar-refractivity contribution in [1.82, 2.24) is 15.1 Å². The molecule has 0 aliphatic carbocycles. The van der Waals surface area contributed by atoms with E-state index in [2.05, 4.69) is 22.3 Å². The van der Waals surface area contributed by atoms with Crippen LogP contribution in [-0.2, 0) is 11.3 Å². The Morgan fingerprint density at radius 2 is 1.81 bits per heavy atom. The number of carbonyl (C=O) groups excluding carboxylic acids is 1. The summed E-state index contributed by atoms with van der Waals surface area (Å²) < 4.78 is 0. The summed E-state index contributed by atoms with van der Waals surface area (Å²) in [5.41, 5.74) is 3.32. The van der Waals surface area contributed by atoms with Gasteiger partial charge < -0.3 is 15.1 Å². The third-order valence-electron chi connectivity index (χ3n) is 3.85. The van der Waals surface area contributed by atoms with Crippen molar-refractivity contribution in [2.45, 2.75) is 13.5 Å². The molecular formula is C17H25N3O. The summed E-state index contributed by atoms with van der Waals surface area (Å²) in [5, 5.41) is 3.20. The largest absolute Gasteiger partial charge is 0.333 e. The van der Waals surface area contributed by atoms with Gasteiger partial charge in [-0.05, 0) is 32.2 Å². The summed E-state index contributed by atoms with van der Waals surface area (Å²) >= 11 is 0. The SMILES string of the molecule is CC(C(=O)N(CCN(C)C)Cc1ccccc1)=C1CNC1. The number of benzene rings is 1. The fourth-order valence-corrected chi connectivity index (χ4v) is 2.28. The Labute approximate surface area is 127 Å². The first kappa shape index (κ1) is 15.7. The monoisotopic (exact) mass is 287 g/mol. The van der Waals surface area contributed by atoms with Gasteiger partial charge in [0.05, 0.1) is 0 Å². The van der Waals surface area contributed by atoms with Gasteiger partial charge in [-0.1, -0.05) is 30.3 Å². The first-order valence-corrected chi connectivity index (χ1v) is 7.45. The number of hydrogen-bond donors (Lipinski definition) is 1. The quantitative estimate of drug-likeness (QED) is 0.805. The van der Waals surface area contributed by atoms with Crippen LogP contribution in [0.25, 0.3) is 0 Å². The molecule has 1 N–H and O–H groups in total. The Hall–Kier alpha value is -1.65. The van der Waals surface area contributed by atoms with Crippen molar-refractivity contribution >= 4 is 5.91 Å². The van der Waals surface area contributed by atoms with Crippen LogP contribution in [0, 0.1) is 0 Å². The molecule has 4 nitrogen and oxygen atoms in total. The van der Waals surface area contributed by atoms with E-state index in [1.54, 1.807) is 0 Å². The molecule has 0 bridgehead atoms. The van der Waals surface area contributed by atoms with Gasteiger partial charge in [0.15, 0.2) is 0 Å². The molecule has 0 radical (unpaired) electrons. The highest BCUT2D eigenvalue weighted by atomic mass is 16.2. The van der Waals surface area contributed by atoms with E-state index in [0.29, 0.717) is 6.54 Å². The van der Waals surface area contributed by atoms with E-state index in [-0.39, 0.29) is 5.91 Å². The smallest absolute Gasteiger partial charge is 0.249 e. The highest BCUT2D eigenvalue weighted by molar-refractivity contribution is 5.94. The molecule has 114 valence electrons. The van der Waals surface area contributed by atoms with Crippen LogP contribution in [0.15, 0.2) is 41.5 Å². The molecule has 1 heterocycles. The van der Waals surface area contributed by atoms with E-state index in [1.165, 1.54) is 11.1 Å². The number of hydrogen-bond acceptors (Lipinski definition) is 3. The Morgan fingerprint density at radius 1 is 1.14 bits per heavy atom. The Morgan fingerprint density at radius 3 is 2.33 bits per heavy atom. The lowest BCUT2D eigenvalue weighted by Gasteiger charge is -2.28. The third-order valence-corrected chi connectivity index (χ3v) is 3.85. The van der Waals surface area contributed by atoms with Crippen molar-refractivity contribution in [3.63, 3.8) is 0 Å². The first-order valence-electron chi connectivity index (χ1n) is 7.45. The Kier molecular flexibility index (Phi) is 5.53. The molecule has 4 heteroatoms. The summed E-state index contributed by atoms with van der Waals surface area (Å²) in [4.78, 5) is 16.8. The Bertz CT molecular complexity index is 502. The molecule has 0 aromatic heterocycles. The average Bonchev–Trinajstić information content (AvgIpc) is 2.41. The van der Waals surface area contributed by atoms with Crippen LogP contribution in [0.3, 0.4) is 0 Å². The molecule has 0 saturated carbocycles. The van der Waals surface area contributed by atoms with Crippen LogP contribution in [0.1, 0.15) is 12.5 Å². The van der Waals surface area contributed by atoms with E-state index >= 15 is 0 Å². The van der Waals surface area contributed by atoms with Gasteiger partial charge in [0.25, 0.3) is 0 Å². The molecule has 1 aromatic carbocycles. The van der Waals surface area contributed by atoms with Crippen LogP contribution in [0.2, 0.25) is 0 Å². The number of nitrogens with zero attached hydrogens (tertiary/aromatic N) is 2. The van der Waals surface area contributed by atoms with Crippen LogP contribution in [0.5, 0.6) is 0 Å². The molecule has 0 unspecified atom stereocenters. The second kappa shape index (κ2) is 7.38. The van der Waals surface area contributed by atoms with Gasteiger partial charge in [0.2, 0.25) is 5.91 Å². The van der Waals surface area contributed by atoms with Gasteiger partial charge in [0, 0.05) is 38.3 Å². The number of likely N-dealkylation sites (N-methyl/N-ethyl adjacent to an activating group) is 1. The fourth-order valence-electron chi connectivity index (χ4n) is 2.28. The zero-order valence-electron chi connectivity index (χ0n) is 13.2. The average molecular weight is 287 g/mol. The van der Waals surface area contributed by atoms with Gasteiger partial charge in [-0.2, -0.15) is 0 Å². The maximum absolute atomic E-state index is 12.7. The van der Waals surface area contributed by atoms with Crippen LogP contribution in [0.4, 0.5) is 0 Å². The molecule has 21 heavy (non-hydrogen) atoms. The van der Waals surface area contributed by atoms with Gasteiger partial charge >= 0.3 is 0 Å². The van der Waals surface area contributed by atoms with E-state index in [0.717, 1.165) is 31.8 Å². The summed E-state index contributed by atoms with van der Waals surface area (Å²) in [6.07, 6.45) is 0. The van der Waals surface area contributed by atoms with Gasteiger partial charge in [-0.25, -0.2) is 0 Å². The Balaban J connectivity index is 2.09. The minimum absolute atomic E-state index is 0.164. The second-order valence-corrected chi connectivity index (χ2v) is 5.85. The number of carbonyl (C=O) groups is 1.